The summed E-state index contributed by atoms with van der Waals surface area (Å²) in [4.78, 5) is 6.96. The highest BCUT2D eigenvalue weighted by Crippen LogP contribution is 2.25. The van der Waals surface area contributed by atoms with Gasteiger partial charge in [0.1, 0.15) is 0 Å². The molecular weight excluding hydrogens is 258 g/mol. The Morgan fingerprint density at radius 1 is 1.24 bits per heavy atom. The molecule has 3 nitrogen and oxygen atoms in total. The van der Waals surface area contributed by atoms with Gasteiger partial charge >= 0.3 is 0 Å². The smallest absolute Gasteiger partial charge is 0.0705 e. The van der Waals surface area contributed by atoms with Crippen LogP contribution < -0.4 is 5.73 Å². The third-order valence-corrected chi connectivity index (χ3v) is 4.35. The summed E-state index contributed by atoms with van der Waals surface area (Å²) in [6.07, 6.45) is 2.39. The van der Waals surface area contributed by atoms with Crippen LogP contribution in [0.4, 0.5) is 0 Å². The zero-order valence-electron chi connectivity index (χ0n) is 13.6. The van der Waals surface area contributed by atoms with Gasteiger partial charge in [-0.1, -0.05) is 25.5 Å². The predicted octanol–water partition coefficient (Wildman–Crippen LogP) is 3.66. The highest BCUT2D eigenvalue weighted by atomic mass is 15.2. The summed E-state index contributed by atoms with van der Waals surface area (Å²) in [7, 11) is 2.18. The molecule has 1 aromatic heterocycles. The summed E-state index contributed by atoms with van der Waals surface area (Å²) in [6, 6.07) is 11.5. The SMILES string of the molecule is CCCC(C)N(C)C(CN)c1ccc2nc(C)ccc2c1. The maximum Gasteiger partial charge on any atom is 0.0705 e. The van der Waals surface area contributed by atoms with E-state index in [9.17, 15) is 0 Å². The zero-order valence-corrected chi connectivity index (χ0v) is 13.6. The fourth-order valence-electron chi connectivity index (χ4n) is 2.92. The number of hydrogen-bond acceptors (Lipinski definition) is 3. The van der Waals surface area contributed by atoms with E-state index in [0.29, 0.717) is 12.6 Å². The van der Waals surface area contributed by atoms with Crippen molar-refractivity contribution >= 4 is 10.9 Å². The van der Waals surface area contributed by atoms with Crippen molar-refractivity contribution in [1.82, 2.24) is 9.88 Å². The molecule has 1 aromatic carbocycles. The highest BCUT2D eigenvalue weighted by molar-refractivity contribution is 5.79. The molecule has 114 valence electrons. The lowest BCUT2D eigenvalue weighted by molar-refractivity contribution is 0.180. The van der Waals surface area contributed by atoms with E-state index in [0.717, 1.165) is 11.2 Å². The summed E-state index contributed by atoms with van der Waals surface area (Å²) in [5.41, 5.74) is 9.44. The number of nitrogens with two attached hydrogens (primary N) is 1. The normalized spacial score (nSPS) is 14.6. The van der Waals surface area contributed by atoms with Gasteiger partial charge in [0.05, 0.1) is 5.52 Å². The van der Waals surface area contributed by atoms with E-state index < -0.39 is 0 Å². The van der Waals surface area contributed by atoms with E-state index in [-0.39, 0.29) is 6.04 Å². The molecule has 2 rings (SSSR count). The van der Waals surface area contributed by atoms with E-state index in [1.54, 1.807) is 0 Å². The Morgan fingerprint density at radius 3 is 2.67 bits per heavy atom. The van der Waals surface area contributed by atoms with Crippen LogP contribution in [0.15, 0.2) is 30.3 Å². The number of aryl methyl sites for hydroxylation is 1. The van der Waals surface area contributed by atoms with Crippen LogP contribution in [0.3, 0.4) is 0 Å². The Morgan fingerprint density at radius 2 is 2.00 bits per heavy atom. The Hall–Kier alpha value is -1.45. The second-order valence-corrected chi connectivity index (χ2v) is 5.96. The number of nitrogens with zero attached hydrogens (tertiary/aromatic N) is 2. The van der Waals surface area contributed by atoms with E-state index in [4.69, 9.17) is 5.73 Å². The van der Waals surface area contributed by atoms with Crippen molar-refractivity contribution in [2.75, 3.05) is 13.6 Å². The van der Waals surface area contributed by atoms with Crippen molar-refractivity contribution in [3.05, 3.63) is 41.6 Å². The molecule has 0 aliphatic heterocycles. The molecule has 0 saturated carbocycles. The molecule has 2 atom stereocenters. The first-order valence-corrected chi connectivity index (χ1v) is 7.86. The Kier molecular flexibility index (Phi) is 5.32. The minimum absolute atomic E-state index is 0.261. The molecule has 0 amide bonds. The van der Waals surface area contributed by atoms with Crippen LogP contribution in [0.1, 0.15) is 44.0 Å². The lowest BCUT2D eigenvalue weighted by atomic mass is 10.0. The second-order valence-electron chi connectivity index (χ2n) is 5.96. The number of aromatic nitrogens is 1. The molecule has 0 aliphatic carbocycles. The first-order chi connectivity index (χ1) is 10.1. The summed E-state index contributed by atoms with van der Waals surface area (Å²) in [5.74, 6) is 0. The standard InChI is InChI=1S/C18H27N3/c1-5-6-14(3)21(4)18(12-19)16-9-10-17-15(11-16)8-7-13(2)20-17/h7-11,14,18H,5-6,12,19H2,1-4H3. The van der Waals surface area contributed by atoms with Crippen LogP contribution in [0, 0.1) is 6.92 Å². The first-order valence-electron chi connectivity index (χ1n) is 7.86. The van der Waals surface area contributed by atoms with E-state index in [1.807, 2.05) is 6.92 Å². The van der Waals surface area contributed by atoms with Crippen molar-refractivity contribution < 1.29 is 0 Å². The average Bonchev–Trinajstić information content (AvgIpc) is 2.48. The van der Waals surface area contributed by atoms with Gasteiger partial charge in [0.2, 0.25) is 0 Å². The van der Waals surface area contributed by atoms with Crippen molar-refractivity contribution in [2.24, 2.45) is 5.73 Å². The van der Waals surface area contributed by atoms with Crippen LogP contribution in [-0.2, 0) is 0 Å². The minimum Gasteiger partial charge on any atom is -0.329 e. The number of likely N-dealkylation sites (N-methyl/N-ethyl adjacent to an activating group) is 1. The van der Waals surface area contributed by atoms with Crippen LogP contribution in [0.2, 0.25) is 0 Å². The fraction of sp³-hybridized carbons (Fsp3) is 0.500. The maximum atomic E-state index is 6.05. The second kappa shape index (κ2) is 7.01. The third-order valence-electron chi connectivity index (χ3n) is 4.35. The number of benzene rings is 1. The number of rotatable bonds is 6. The molecule has 0 aliphatic rings. The maximum absolute atomic E-state index is 6.05. The van der Waals surface area contributed by atoms with Crippen molar-refractivity contribution in [3.63, 3.8) is 0 Å². The lowest BCUT2D eigenvalue weighted by Crippen LogP contribution is -2.37. The van der Waals surface area contributed by atoms with Gasteiger partial charge in [0.25, 0.3) is 0 Å². The van der Waals surface area contributed by atoms with Crippen molar-refractivity contribution in [1.29, 1.82) is 0 Å². The molecule has 2 unspecified atom stereocenters. The first kappa shape index (κ1) is 15.9. The summed E-state index contributed by atoms with van der Waals surface area (Å²) in [6.45, 7) is 7.16. The summed E-state index contributed by atoms with van der Waals surface area (Å²) >= 11 is 0. The quantitative estimate of drug-likeness (QED) is 0.880. The molecular formula is C18H27N3. The number of pyridine rings is 1. The van der Waals surface area contributed by atoms with Gasteiger partial charge in [0.15, 0.2) is 0 Å². The average molecular weight is 285 g/mol. The minimum atomic E-state index is 0.261. The van der Waals surface area contributed by atoms with Gasteiger partial charge < -0.3 is 5.73 Å². The molecule has 3 heteroatoms. The fourth-order valence-corrected chi connectivity index (χ4v) is 2.92. The number of hydrogen-bond donors (Lipinski definition) is 1. The summed E-state index contributed by atoms with van der Waals surface area (Å²) in [5, 5.41) is 1.19. The van der Waals surface area contributed by atoms with Crippen molar-refractivity contribution in [3.8, 4) is 0 Å². The van der Waals surface area contributed by atoms with E-state index in [1.165, 1.54) is 23.8 Å². The van der Waals surface area contributed by atoms with E-state index in [2.05, 4.69) is 61.1 Å². The third kappa shape index (κ3) is 3.60. The van der Waals surface area contributed by atoms with Crippen LogP contribution in [0.25, 0.3) is 10.9 Å². The van der Waals surface area contributed by atoms with Gasteiger partial charge in [-0.05, 0) is 51.1 Å². The van der Waals surface area contributed by atoms with Gasteiger partial charge in [-0.3, -0.25) is 9.88 Å². The topological polar surface area (TPSA) is 42.1 Å². The predicted molar refractivity (Wildman–Crippen MR) is 90.4 cm³/mol. The summed E-state index contributed by atoms with van der Waals surface area (Å²) < 4.78 is 0. The molecule has 0 fully saturated rings. The van der Waals surface area contributed by atoms with Gasteiger partial charge in [0, 0.05) is 29.7 Å². The largest absolute Gasteiger partial charge is 0.329 e. The van der Waals surface area contributed by atoms with Gasteiger partial charge in [-0.15, -0.1) is 0 Å². The van der Waals surface area contributed by atoms with Crippen LogP contribution in [-0.4, -0.2) is 29.5 Å². The van der Waals surface area contributed by atoms with Crippen LogP contribution >= 0.6 is 0 Å². The van der Waals surface area contributed by atoms with E-state index >= 15 is 0 Å². The molecule has 0 spiro atoms. The molecule has 1 heterocycles. The Labute approximate surface area is 128 Å². The number of fused-ring (bicyclic) bond motifs is 1. The molecule has 21 heavy (non-hydrogen) atoms. The molecule has 2 N–H and O–H groups in total. The molecule has 2 aromatic rings. The van der Waals surface area contributed by atoms with Crippen LogP contribution in [0.5, 0.6) is 0 Å². The molecule has 0 bridgehead atoms. The molecule has 0 radical (unpaired) electrons. The van der Waals surface area contributed by atoms with Gasteiger partial charge in [-0.2, -0.15) is 0 Å². The Bertz CT molecular complexity index is 594. The highest BCUT2D eigenvalue weighted by Gasteiger charge is 2.20. The monoisotopic (exact) mass is 285 g/mol. The lowest BCUT2D eigenvalue weighted by Gasteiger charge is -2.33. The molecule has 0 saturated heterocycles. The zero-order chi connectivity index (χ0) is 15.4. The Balaban J connectivity index is 2.31. The van der Waals surface area contributed by atoms with Gasteiger partial charge in [-0.25, -0.2) is 0 Å². The van der Waals surface area contributed by atoms with Crippen molar-refractivity contribution in [2.45, 2.75) is 45.7 Å².